The van der Waals surface area contributed by atoms with Crippen molar-refractivity contribution in [3.05, 3.63) is 28.2 Å². The van der Waals surface area contributed by atoms with Gasteiger partial charge in [-0.15, -0.1) is 0 Å². The fourth-order valence-corrected chi connectivity index (χ4v) is 2.95. The molecule has 1 N–H and O–H groups in total. The summed E-state index contributed by atoms with van der Waals surface area (Å²) in [5.41, 5.74) is 2.63. The van der Waals surface area contributed by atoms with E-state index in [1.165, 1.54) is 22.1 Å². The summed E-state index contributed by atoms with van der Waals surface area (Å²) >= 11 is 3.63. The minimum atomic E-state index is 0.640. The largest absolute Gasteiger partial charge is 0.369 e. The van der Waals surface area contributed by atoms with Crippen molar-refractivity contribution in [1.29, 1.82) is 0 Å². The lowest BCUT2D eigenvalue weighted by molar-refractivity contribution is 0.208. The number of likely N-dealkylation sites (N-methyl/N-ethyl adjacent to an activating group) is 1. The van der Waals surface area contributed by atoms with E-state index in [2.05, 4.69) is 63.2 Å². The van der Waals surface area contributed by atoms with Crippen LogP contribution in [0.2, 0.25) is 0 Å². The van der Waals surface area contributed by atoms with Crippen LogP contribution in [0.1, 0.15) is 12.0 Å². The first kappa shape index (κ1) is 14.8. The molecule has 1 saturated heterocycles. The summed E-state index contributed by atoms with van der Waals surface area (Å²) in [6.07, 6.45) is 1.20. The number of anilines is 1. The lowest BCUT2D eigenvalue weighted by Crippen LogP contribution is -2.52. The average molecular weight is 326 g/mol. The van der Waals surface area contributed by atoms with Crippen molar-refractivity contribution < 1.29 is 0 Å². The maximum absolute atomic E-state index is 3.63. The van der Waals surface area contributed by atoms with Crippen LogP contribution in [0, 0.1) is 6.92 Å². The highest BCUT2D eigenvalue weighted by molar-refractivity contribution is 9.10. The summed E-state index contributed by atoms with van der Waals surface area (Å²) in [5.74, 6) is 0. The molecule has 1 fully saturated rings. The quantitative estimate of drug-likeness (QED) is 0.917. The van der Waals surface area contributed by atoms with E-state index >= 15 is 0 Å². The SMILES string of the molecule is CNCCC1CN(c2ccc(C)c(Br)c2)CCN1C. The highest BCUT2D eigenvalue weighted by atomic mass is 79.9. The second kappa shape index (κ2) is 6.73. The van der Waals surface area contributed by atoms with Crippen molar-refractivity contribution in [3.63, 3.8) is 0 Å². The smallest absolute Gasteiger partial charge is 0.0378 e. The molecular formula is C15H24BrN3. The standard InChI is InChI=1S/C15H24BrN3/c1-12-4-5-13(10-15(12)16)19-9-8-18(3)14(11-19)6-7-17-2/h4-5,10,14,17H,6-9,11H2,1-3H3. The van der Waals surface area contributed by atoms with E-state index in [-0.39, 0.29) is 0 Å². The Morgan fingerprint density at radius 3 is 2.84 bits per heavy atom. The molecule has 2 rings (SSSR count). The van der Waals surface area contributed by atoms with Crippen molar-refractivity contribution in [2.75, 3.05) is 45.2 Å². The molecule has 106 valence electrons. The van der Waals surface area contributed by atoms with E-state index in [0.29, 0.717) is 6.04 Å². The maximum atomic E-state index is 3.63. The second-order valence-corrected chi connectivity index (χ2v) is 6.26. The van der Waals surface area contributed by atoms with E-state index in [9.17, 15) is 0 Å². The van der Waals surface area contributed by atoms with Gasteiger partial charge in [0.1, 0.15) is 0 Å². The topological polar surface area (TPSA) is 18.5 Å². The molecule has 1 aliphatic heterocycles. The van der Waals surface area contributed by atoms with Crippen molar-refractivity contribution >= 4 is 21.6 Å². The van der Waals surface area contributed by atoms with Gasteiger partial charge in [-0.25, -0.2) is 0 Å². The molecule has 4 heteroatoms. The number of rotatable bonds is 4. The molecule has 0 aliphatic carbocycles. The van der Waals surface area contributed by atoms with Gasteiger partial charge in [-0.2, -0.15) is 0 Å². The Kier molecular flexibility index (Phi) is 5.25. The van der Waals surface area contributed by atoms with Gasteiger partial charge in [-0.1, -0.05) is 22.0 Å². The molecule has 0 spiro atoms. The number of halogens is 1. The third-order valence-corrected chi connectivity index (χ3v) is 4.88. The van der Waals surface area contributed by atoms with Gasteiger partial charge in [0.2, 0.25) is 0 Å². The van der Waals surface area contributed by atoms with E-state index in [0.717, 1.165) is 26.2 Å². The lowest BCUT2D eigenvalue weighted by atomic mass is 10.1. The molecule has 0 saturated carbocycles. The second-order valence-electron chi connectivity index (χ2n) is 5.41. The molecule has 1 heterocycles. The fourth-order valence-electron chi connectivity index (χ4n) is 2.58. The summed E-state index contributed by atoms with van der Waals surface area (Å²) in [6, 6.07) is 7.32. The minimum Gasteiger partial charge on any atom is -0.369 e. The number of nitrogens with one attached hydrogen (secondary N) is 1. The van der Waals surface area contributed by atoms with Crippen molar-refractivity contribution in [1.82, 2.24) is 10.2 Å². The van der Waals surface area contributed by atoms with Gasteiger partial charge in [0.05, 0.1) is 0 Å². The first-order chi connectivity index (χ1) is 9.11. The van der Waals surface area contributed by atoms with Crippen LogP contribution in [0.15, 0.2) is 22.7 Å². The third kappa shape index (κ3) is 3.71. The Bertz CT molecular complexity index is 422. The van der Waals surface area contributed by atoms with Crippen molar-refractivity contribution in [3.8, 4) is 0 Å². The number of hydrogen-bond acceptors (Lipinski definition) is 3. The van der Waals surface area contributed by atoms with Crippen LogP contribution in [0.3, 0.4) is 0 Å². The van der Waals surface area contributed by atoms with E-state index in [1.807, 2.05) is 7.05 Å². The zero-order chi connectivity index (χ0) is 13.8. The van der Waals surface area contributed by atoms with Crippen LogP contribution in [0.5, 0.6) is 0 Å². The molecule has 1 unspecified atom stereocenters. The number of nitrogens with zero attached hydrogens (tertiary/aromatic N) is 2. The van der Waals surface area contributed by atoms with Crippen molar-refractivity contribution in [2.24, 2.45) is 0 Å². The Labute approximate surface area is 125 Å². The Balaban J connectivity index is 2.06. The van der Waals surface area contributed by atoms with E-state index < -0.39 is 0 Å². The van der Waals surface area contributed by atoms with Crippen LogP contribution >= 0.6 is 15.9 Å². The third-order valence-electron chi connectivity index (χ3n) is 4.03. The summed E-state index contributed by atoms with van der Waals surface area (Å²) < 4.78 is 1.20. The number of piperazine rings is 1. The Morgan fingerprint density at radius 1 is 1.37 bits per heavy atom. The van der Waals surface area contributed by atoms with Gasteiger partial charge in [-0.3, -0.25) is 4.90 Å². The highest BCUT2D eigenvalue weighted by Gasteiger charge is 2.24. The van der Waals surface area contributed by atoms with Crippen LogP contribution in [-0.4, -0.2) is 51.2 Å². The highest BCUT2D eigenvalue weighted by Crippen LogP contribution is 2.25. The molecule has 0 radical (unpaired) electrons. The number of hydrogen-bond donors (Lipinski definition) is 1. The lowest BCUT2D eigenvalue weighted by Gasteiger charge is -2.41. The average Bonchev–Trinajstić information content (AvgIpc) is 2.41. The Hall–Kier alpha value is -0.580. The van der Waals surface area contributed by atoms with Gasteiger partial charge in [0.15, 0.2) is 0 Å². The molecule has 19 heavy (non-hydrogen) atoms. The van der Waals surface area contributed by atoms with Gasteiger partial charge in [0, 0.05) is 35.8 Å². The molecule has 3 nitrogen and oxygen atoms in total. The molecule has 1 atom stereocenters. The van der Waals surface area contributed by atoms with Crippen LogP contribution < -0.4 is 10.2 Å². The zero-order valence-corrected chi connectivity index (χ0v) is 13.7. The van der Waals surface area contributed by atoms with Crippen LogP contribution in [0.4, 0.5) is 5.69 Å². The molecule has 0 bridgehead atoms. The van der Waals surface area contributed by atoms with Crippen LogP contribution in [0.25, 0.3) is 0 Å². The summed E-state index contributed by atoms with van der Waals surface area (Å²) in [6.45, 7) is 6.59. The van der Waals surface area contributed by atoms with Crippen molar-refractivity contribution in [2.45, 2.75) is 19.4 Å². The summed E-state index contributed by atoms with van der Waals surface area (Å²) in [4.78, 5) is 4.99. The maximum Gasteiger partial charge on any atom is 0.0378 e. The number of aryl methyl sites for hydroxylation is 1. The first-order valence-corrected chi connectivity index (χ1v) is 7.77. The zero-order valence-electron chi connectivity index (χ0n) is 12.1. The normalized spacial score (nSPS) is 20.8. The monoisotopic (exact) mass is 325 g/mol. The van der Waals surface area contributed by atoms with Gasteiger partial charge in [-0.05, 0) is 51.7 Å². The van der Waals surface area contributed by atoms with Gasteiger partial charge >= 0.3 is 0 Å². The van der Waals surface area contributed by atoms with E-state index in [4.69, 9.17) is 0 Å². The van der Waals surface area contributed by atoms with Gasteiger partial charge < -0.3 is 10.2 Å². The molecule has 0 amide bonds. The predicted molar refractivity (Wildman–Crippen MR) is 86.1 cm³/mol. The molecule has 1 aliphatic rings. The molecule has 1 aromatic carbocycles. The molecule has 1 aromatic rings. The van der Waals surface area contributed by atoms with Gasteiger partial charge in [0.25, 0.3) is 0 Å². The Morgan fingerprint density at radius 2 is 2.16 bits per heavy atom. The summed E-state index contributed by atoms with van der Waals surface area (Å²) in [5, 5.41) is 3.25. The first-order valence-electron chi connectivity index (χ1n) is 6.97. The fraction of sp³-hybridized carbons (Fsp3) is 0.600. The van der Waals surface area contributed by atoms with Crippen LogP contribution in [-0.2, 0) is 0 Å². The minimum absolute atomic E-state index is 0.640. The van der Waals surface area contributed by atoms with E-state index in [1.54, 1.807) is 0 Å². The number of benzene rings is 1. The summed E-state index contributed by atoms with van der Waals surface area (Å²) in [7, 11) is 4.26. The molecule has 0 aromatic heterocycles. The predicted octanol–water partition coefficient (Wildman–Crippen LogP) is 2.49. The molecular weight excluding hydrogens is 302 g/mol.